The highest BCUT2D eigenvalue weighted by Gasteiger charge is 2.32. The molecular weight excluding hydrogens is 298 g/mol. The van der Waals surface area contributed by atoms with Gasteiger partial charge >= 0.3 is 5.82 Å². The molecule has 0 atom stereocenters. The molecule has 1 aromatic heterocycles. The van der Waals surface area contributed by atoms with Crippen LogP contribution < -0.4 is 4.90 Å². The number of aromatic nitrogens is 2. The van der Waals surface area contributed by atoms with Gasteiger partial charge in [0.15, 0.2) is 0 Å². The topological polar surface area (TPSA) is 102 Å². The van der Waals surface area contributed by atoms with Gasteiger partial charge in [0.1, 0.15) is 0 Å². The minimum Gasteiger partial charge on any atom is -0.358 e. The molecule has 21 heavy (non-hydrogen) atoms. The fourth-order valence-corrected chi connectivity index (χ4v) is 3.37. The molecule has 2 heterocycles. The van der Waals surface area contributed by atoms with Crippen LogP contribution in [-0.4, -0.2) is 59.6 Å². The van der Waals surface area contributed by atoms with E-state index in [0.29, 0.717) is 31.7 Å². The minimum atomic E-state index is -3.21. The number of piperidine rings is 1. The molecule has 1 aliphatic rings. The number of hydrogen-bond acceptors (Lipinski definition) is 6. The first-order valence-corrected chi connectivity index (χ1v) is 8.40. The lowest BCUT2D eigenvalue weighted by molar-refractivity contribution is -0.388. The summed E-state index contributed by atoms with van der Waals surface area (Å²) in [5.41, 5.74) is 0. The Morgan fingerprint density at radius 1 is 1.43 bits per heavy atom. The quantitative estimate of drug-likeness (QED) is 0.580. The lowest BCUT2D eigenvalue weighted by Crippen LogP contribution is -2.45. The van der Waals surface area contributed by atoms with Gasteiger partial charge in [-0.05, 0) is 22.7 Å². The van der Waals surface area contributed by atoms with E-state index in [9.17, 15) is 18.5 Å². The largest absolute Gasteiger partial charge is 0.406 e. The summed E-state index contributed by atoms with van der Waals surface area (Å²) < 4.78 is 26.1. The fraction of sp³-hybridized carbons (Fsp3) is 0.727. The van der Waals surface area contributed by atoms with Gasteiger partial charge in [0.25, 0.3) is 0 Å². The Kier molecular flexibility index (Phi) is 4.19. The van der Waals surface area contributed by atoms with E-state index in [1.165, 1.54) is 16.9 Å². The average Bonchev–Trinajstić information content (AvgIpc) is 2.79. The minimum absolute atomic E-state index is 0.0662. The van der Waals surface area contributed by atoms with Crippen LogP contribution in [0.1, 0.15) is 12.8 Å². The first-order valence-electron chi connectivity index (χ1n) is 6.55. The first-order chi connectivity index (χ1) is 9.71. The summed E-state index contributed by atoms with van der Waals surface area (Å²) in [6.45, 7) is 1.12. The zero-order valence-electron chi connectivity index (χ0n) is 12.3. The maximum atomic E-state index is 11.5. The van der Waals surface area contributed by atoms with E-state index in [1.54, 1.807) is 18.7 Å². The molecule has 1 aromatic rings. The highest BCUT2D eigenvalue weighted by molar-refractivity contribution is 7.88. The Morgan fingerprint density at radius 2 is 2.00 bits per heavy atom. The smallest absolute Gasteiger partial charge is 0.358 e. The molecule has 118 valence electrons. The Balaban J connectivity index is 2.12. The van der Waals surface area contributed by atoms with Crippen LogP contribution in [0.15, 0.2) is 6.33 Å². The summed E-state index contributed by atoms with van der Waals surface area (Å²) >= 11 is 0. The highest BCUT2D eigenvalue weighted by atomic mass is 32.2. The lowest BCUT2D eigenvalue weighted by atomic mass is 10.1. The molecule has 1 aliphatic heterocycles. The van der Waals surface area contributed by atoms with Crippen molar-refractivity contribution in [2.24, 2.45) is 7.05 Å². The molecule has 0 aromatic carbocycles. The molecule has 1 fully saturated rings. The van der Waals surface area contributed by atoms with Crippen LogP contribution in [-0.2, 0) is 17.1 Å². The van der Waals surface area contributed by atoms with Gasteiger partial charge in [-0.25, -0.2) is 12.7 Å². The monoisotopic (exact) mass is 317 g/mol. The zero-order valence-corrected chi connectivity index (χ0v) is 13.1. The molecule has 0 unspecified atom stereocenters. The van der Waals surface area contributed by atoms with Gasteiger partial charge in [0.05, 0.1) is 6.26 Å². The van der Waals surface area contributed by atoms with E-state index < -0.39 is 14.9 Å². The van der Waals surface area contributed by atoms with Crippen LogP contribution in [0.3, 0.4) is 0 Å². The SMILES string of the molecule is CN(C1CCN(c2c([N+](=O)[O-])ncn2C)CC1)S(C)(=O)=O. The molecule has 0 amide bonds. The summed E-state index contributed by atoms with van der Waals surface area (Å²) in [4.78, 5) is 16.2. The Labute approximate surface area is 123 Å². The number of imidazole rings is 1. The maximum absolute atomic E-state index is 11.5. The van der Waals surface area contributed by atoms with Crippen LogP contribution in [0.2, 0.25) is 0 Å². The standard InChI is InChI=1S/C11H19N5O4S/c1-13-8-12-10(16(17)18)11(13)15-6-4-9(5-7-15)14(2)21(3,19)20/h8-9H,4-7H2,1-3H3. The summed E-state index contributed by atoms with van der Waals surface area (Å²) in [6, 6.07) is -0.0662. The molecule has 0 aliphatic carbocycles. The Bertz CT molecular complexity index is 633. The molecule has 0 bridgehead atoms. The van der Waals surface area contributed by atoms with E-state index in [4.69, 9.17) is 0 Å². The molecule has 0 N–H and O–H groups in total. The van der Waals surface area contributed by atoms with Gasteiger partial charge < -0.3 is 15.0 Å². The molecule has 10 heteroatoms. The Hall–Kier alpha value is -1.68. The molecule has 0 spiro atoms. The van der Waals surface area contributed by atoms with Crippen LogP contribution in [0, 0.1) is 10.1 Å². The normalized spacial score (nSPS) is 17.4. The third kappa shape index (κ3) is 3.16. The number of anilines is 1. The van der Waals surface area contributed by atoms with Crippen LogP contribution >= 0.6 is 0 Å². The van der Waals surface area contributed by atoms with Crippen LogP contribution in [0.5, 0.6) is 0 Å². The number of hydrogen-bond donors (Lipinski definition) is 0. The van der Waals surface area contributed by atoms with Gasteiger partial charge in [-0.1, -0.05) is 0 Å². The van der Waals surface area contributed by atoms with E-state index >= 15 is 0 Å². The second-order valence-electron chi connectivity index (χ2n) is 5.26. The van der Waals surface area contributed by atoms with Gasteiger partial charge in [0.2, 0.25) is 22.2 Å². The van der Waals surface area contributed by atoms with Gasteiger partial charge in [0, 0.05) is 33.2 Å². The van der Waals surface area contributed by atoms with Crippen molar-refractivity contribution in [1.82, 2.24) is 13.9 Å². The summed E-state index contributed by atoms with van der Waals surface area (Å²) in [5, 5.41) is 11.0. The van der Waals surface area contributed by atoms with Crippen molar-refractivity contribution in [1.29, 1.82) is 0 Å². The highest BCUT2D eigenvalue weighted by Crippen LogP contribution is 2.29. The maximum Gasteiger partial charge on any atom is 0.406 e. The third-order valence-corrected chi connectivity index (χ3v) is 5.21. The average molecular weight is 317 g/mol. The third-order valence-electron chi connectivity index (χ3n) is 3.86. The number of nitro groups is 1. The number of nitrogens with zero attached hydrogens (tertiary/aromatic N) is 5. The van der Waals surface area contributed by atoms with Crippen molar-refractivity contribution in [2.45, 2.75) is 18.9 Å². The van der Waals surface area contributed by atoms with E-state index in [1.807, 2.05) is 4.90 Å². The summed E-state index contributed by atoms with van der Waals surface area (Å²) in [5.74, 6) is 0.313. The van der Waals surface area contributed by atoms with Crippen molar-refractivity contribution in [2.75, 3.05) is 31.3 Å². The molecule has 0 radical (unpaired) electrons. The molecule has 2 rings (SSSR count). The van der Waals surface area contributed by atoms with Crippen LogP contribution in [0.25, 0.3) is 0 Å². The number of aryl methyl sites for hydroxylation is 1. The Morgan fingerprint density at radius 3 is 2.48 bits per heavy atom. The van der Waals surface area contributed by atoms with Crippen molar-refractivity contribution in [3.05, 3.63) is 16.4 Å². The summed E-state index contributed by atoms with van der Waals surface area (Å²) in [7, 11) is 0.0695. The van der Waals surface area contributed by atoms with Gasteiger partial charge in [-0.3, -0.25) is 4.57 Å². The lowest BCUT2D eigenvalue weighted by Gasteiger charge is -2.36. The zero-order chi connectivity index (χ0) is 15.8. The van der Waals surface area contributed by atoms with Crippen LogP contribution in [0.4, 0.5) is 11.6 Å². The second kappa shape index (κ2) is 5.60. The second-order valence-corrected chi connectivity index (χ2v) is 7.30. The van der Waals surface area contributed by atoms with Crippen molar-refractivity contribution >= 4 is 21.7 Å². The predicted molar refractivity (Wildman–Crippen MR) is 77.7 cm³/mol. The van der Waals surface area contributed by atoms with Crippen molar-refractivity contribution in [3.63, 3.8) is 0 Å². The van der Waals surface area contributed by atoms with E-state index in [2.05, 4.69) is 4.98 Å². The van der Waals surface area contributed by atoms with Crippen molar-refractivity contribution in [3.8, 4) is 0 Å². The van der Waals surface area contributed by atoms with Gasteiger partial charge in [-0.15, -0.1) is 0 Å². The number of sulfonamides is 1. The molecule has 1 saturated heterocycles. The molecule has 9 nitrogen and oxygen atoms in total. The first kappa shape index (κ1) is 15.7. The number of rotatable bonds is 4. The van der Waals surface area contributed by atoms with Gasteiger partial charge in [-0.2, -0.15) is 0 Å². The predicted octanol–water partition coefficient (Wildman–Crippen LogP) is 0.188. The van der Waals surface area contributed by atoms with Crippen molar-refractivity contribution < 1.29 is 13.3 Å². The fourth-order valence-electron chi connectivity index (χ4n) is 2.62. The van der Waals surface area contributed by atoms with E-state index in [0.717, 1.165) is 0 Å². The molecule has 0 saturated carbocycles. The molecular formula is C11H19N5O4S. The van der Waals surface area contributed by atoms with E-state index in [-0.39, 0.29) is 11.9 Å². The summed E-state index contributed by atoms with van der Waals surface area (Å²) in [6.07, 6.45) is 3.87.